The second-order valence-electron chi connectivity index (χ2n) is 4.53. The second kappa shape index (κ2) is 5.46. The number of H-pyrrole nitrogens is 1. The Hall–Kier alpha value is -1.53. The highest BCUT2D eigenvalue weighted by atomic mass is 35.5. The average Bonchev–Trinajstić information content (AvgIpc) is 2.82. The number of hydrogen-bond acceptors (Lipinski definition) is 2. The number of nitrogens with one attached hydrogen (secondary N) is 2. The van der Waals surface area contributed by atoms with E-state index < -0.39 is 11.7 Å². The highest BCUT2D eigenvalue weighted by molar-refractivity contribution is 5.85. The molecular weight excluding hydrogens is 291 g/mol. The summed E-state index contributed by atoms with van der Waals surface area (Å²) in [6.45, 7) is 1.59. The Balaban J connectivity index is 0.00000147. The van der Waals surface area contributed by atoms with E-state index in [1.807, 2.05) is 0 Å². The lowest BCUT2D eigenvalue weighted by molar-refractivity contribution is -0.137. The van der Waals surface area contributed by atoms with Crippen molar-refractivity contribution in [1.29, 1.82) is 0 Å². The van der Waals surface area contributed by atoms with Crippen LogP contribution in [0.25, 0.3) is 11.3 Å². The third kappa shape index (κ3) is 2.66. The van der Waals surface area contributed by atoms with Crippen LogP contribution < -0.4 is 5.32 Å². The zero-order chi connectivity index (χ0) is 13.5. The van der Waals surface area contributed by atoms with Crippen LogP contribution in [-0.2, 0) is 19.1 Å². The van der Waals surface area contributed by atoms with Gasteiger partial charge in [0.15, 0.2) is 0 Å². The van der Waals surface area contributed by atoms with Crippen molar-refractivity contribution in [2.45, 2.75) is 19.1 Å². The Bertz CT molecular complexity index is 590. The summed E-state index contributed by atoms with van der Waals surface area (Å²) in [5.41, 5.74) is 2.94. The van der Waals surface area contributed by atoms with Crippen molar-refractivity contribution in [3.05, 3.63) is 41.1 Å². The van der Waals surface area contributed by atoms with Crippen LogP contribution in [0, 0.1) is 0 Å². The van der Waals surface area contributed by atoms with Gasteiger partial charge in [0.2, 0.25) is 0 Å². The SMILES string of the molecule is Cl.FC(F)(F)c1ccc(-c2n[nH]c3c2CCNC3)cc1. The van der Waals surface area contributed by atoms with Crippen molar-refractivity contribution >= 4 is 12.4 Å². The third-order valence-electron chi connectivity index (χ3n) is 3.29. The number of aromatic amines is 1. The van der Waals surface area contributed by atoms with Crippen molar-refractivity contribution in [2.75, 3.05) is 6.54 Å². The molecular formula is C13H13ClF3N3. The van der Waals surface area contributed by atoms with Crippen LogP contribution in [0.5, 0.6) is 0 Å². The normalized spacial score (nSPS) is 14.6. The molecule has 20 heavy (non-hydrogen) atoms. The monoisotopic (exact) mass is 303 g/mol. The molecule has 108 valence electrons. The van der Waals surface area contributed by atoms with Gasteiger partial charge in [0, 0.05) is 17.7 Å². The van der Waals surface area contributed by atoms with E-state index in [2.05, 4.69) is 15.5 Å². The molecule has 3 nitrogen and oxygen atoms in total. The van der Waals surface area contributed by atoms with E-state index in [1.54, 1.807) is 0 Å². The number of nitrogens with zero attached hydrogens (tertiary/aromatic N) is 1. The number of benzene rings is 1. The fourth-order valence-electron chi connectivity index (χ4n) is 2.30. The first-order chi connectivity index (χ1) is 9.05. The molecule has 0 radical (unpaired) electrons. The standard InChI is InChI=1S/C13H12F3N3.ClH/c14-13(15,16)9-3-1-8(2-4-9)12-10-5-6-17-7-11(10)18-19-12;/h1-4,17H,5-7H2,(H,18,19);1H. The smallest absolute Gasteiger partial charge is 0.311 e. The van der Waals surface area contributed by atoms with Crippen molar-refractivity contribution in [2.24, 2.45) is 0 Å². The molecule has 2 N–H and O–H groups in total. The van der Waals surface area contributed by atoms with Gasteiger partial charge >= 0.3 is 6.18 Å². The first-order valence-electron chi connectivity index (χ1n) is 6.00. The van der Waals surface area contributed by atoms with Crippen LogP contribution in [0.15, 0.2) is 24.3 Å². The van der Waals surface area contributed by atoms with E-state index in [9.17, 15) is 13.2 Å². The summed E-state index contributed by atoms with van der Waals surface area (Å²) in [5, 5.41) is 10.4. The van der Waals surface area contributed by atoms with Crippen molar-refractivity contribution in [1.82, 2.24) is 15.5 Å². The molecule has 0 amide bonds. The highest BCUT2D eigenvalue weighted by Crippen LogP contribution is 2.32. The molecule has 0 saturated heterocycles. The molecule has 7 heteroatoms. The first kappa shape index (κ1) is 14.9. The fourth-order valence-corrected chi connectivity index (χ4v) is 2.30. The molecule has 0 aliphatic carbocycles. The summed E-state index contributed by atoms with van der Waals surface area (Å²) >= 11 is 0. The van der Waals surface area contributed by atoms with Gasteiger partial charge in [0.05, 0.1) is 17.0 Å². The van der Waals surface area contributed by atoms with Gasteiger partial charge in [-0.25, -0.2) is 0 Å². The molecule has 2 heterocycles. The zero-order valence-electron chi connectivity index (χ0n) is 10.4. The van der Waals surface area contributed by atoms with Gasteiger partial charge in [-0.15, -0.1) is 12.4 Å². The Morgan fingerprint density at radius 2 is 1.80 bits per heavy atom. The van der Waals surface area contributed by atoms with Gasteiger partial charge in [-0.2, -0.15) is 18.3 Å². The van der Waals surface area contributed by atoms with E-state index in [1.165, 1.54) is 12.1 Å². The molecule has 1 aromatic heterocycles. The third-order valence-corrected chi connectivity index (χ3v) is 3.29. The second-order valence-corrected chi connectivity index (χ2v) is 4.53. The van der Waals surface area contributed by atoms with E-state index in [4.69, 9.17) is 0 Å². The Kier molecular flexibility index (Phi) is 4.06. The predicted molar refractivity (Wildman–Crippen MR) is 71.7 cm³/mol. The van der Waals surface area contributed by atoms with Crippen molar-refractivity contribution in [3.63, 3.8) is 0 Å². The number of hydrogen-bond donors (Lipinski definition) is 2. The lowest BCUT2D eigenvalue weighted by atomic mass is 10.0. The summed E-state index contributed by atoms with van der Waals surface area (Å²) in [4.78, 5) is 0. The summed E-state index contributed by atoms with van der Waals surface area (Å²) in [5.74, 6) is 0. The van der Waals surface area contributed by atoms with E-state index in [0.717, 1.165) is 48.6 Å². The maximum absolute atomic E-state index is 12.5. The maximum Gasteiger partial charge on any atom is 0.416 e. The maximum atomic E-state index is 12.5. The summed E-state index contributed by atoms with van der Waals surface area (Å²) in [6, 6.07) is 5.14. The molecule has 0 bridgehead atoms. The van der Waals surface area contributed by atoms with Crippen LogP contribution >= 0.6 is 12.4 Å². The van der Waals surface area contributed by atoms with Crippen LogP contribution in [-0.4, -0.2) is 16.7 Å². The van der Waals surface area contributed by atoms with E-state index in [0.29, 0.717) is 5.56 Å². The molecule has 1 aromatic carbocycles. The van der Waals surface area contributed by atoms with E-state index >= 15 is 0 Å². The molecule has 0 atom stereocenters. The van der Waals surface area contributed by atoms with Crippen LogP contribution in [0.1, 0.15) is 16.8 Å². The van der Waals surface area contributed by atoms with Gasteiger partial charge in [-0.1, -0.05) is 12.1 Å². The Morgan fingerprint density at radius 3 is 2.45 bits per heavy atom. The number of aromatic nitrogens is 2. The minimum atomic E-state index is -4.30. The molecule has 1 aliphatic heterocycles. The molecule has 3 rings (SSSR count). The lowest BCUT2D eigenvalue weighted by Crippen LogP contribution is -2.23. The molecule has 1 aliphatic rings. The fraction of sp³-hybridized carbons (Fsp3) is 0.308. The topological polar surface area (TPSA) is 40.7 Å². The van der Waals surface area contributed by atoms with E-state index in [-0.39, 0.29) is 12.4 Å². The van der Waals surface area contributed by atoms with Gasteiger partial charge < -0.3 is 5.32 Å². The average molecular weight is 304 g/mol. The Morgan fingerprint density at radius 1 is 1.10 bits per heavy atom. The number of fused-ring (bicyclic) bond motifs is 1. The zero-order valence-corrected chi connectivity index (χ0v) is 11.2. The minimum absolute atomic E-state index is 0. The van der Waals surface area contributed by atoms with Crippen molar-refractivity contribution < 1.29 is 13.2 Å². The van der Waals surface area contributed by atoms with Crippen LogP contribution in [0.2, 0.25) is 0 Å². The quantitative estimate of drug-likeness (QED) is 0.849. The largest absolute Gasteiger partial charge is 0.416 e. The molecule has 0 spiro atoms. The number of alkyl halides is 3. The van der Waals surface area contributed by atoms with Crippen molar-refractivity contribution in [3.8, 4) is 11.3 Å². The summed E-state index contributed by atoms with van der Waals surface area (Å²) < 4.78 is 37.5. The summed E-state index contributed by atoms with van der Waals surface area (Å²) in [7, 11) is 0. The van der Waals surface area contributed by atoms with Crippen LogP contribution in [0.3, 0.4) is 0 Å². The van der Waals surface area contributed by atoms with Gasteiger partial charge in [0.1, 0.15) is 0 Å². The predicted octanol–water partition coefficient (Wildman–Crippen LogP) is 3.16. The number of halogens is 4. The minimum Gasteiger partial charge on any atom is -0.311 e. The highest BCUT2D eigenvalue weighted by Gasteiger charge is 2.30. The lowest BCUT2D eigenvalue weighted by Gasteiger charge is -2.13. The molecule has 0 unspecified atom stereocenters. The molecule has 2 aromatic rings. The summed E-state index contributed by atoms with van der Waals surface area (Å²) in [6.07, 6.45) is -3.46. The first-order valence-corrected chi connectivity index (χ1v) is 6.00. The van der Waals surface area contributed by atoms with Gasteiger partial charge in [0.25, 0.3) is 0 Å². The Labute approximate surface area is 120 Å². The molecule has 0 fully saturated rings. The van der Waals surface area contributed by atoms with Crippen LogP contribution in [0.4, 0.5) is 13.2 Å². The molecule has 0 saturated carbocycles. The van der Waals surface area contributed by atoms with Gasteiger partial charge in [-0.3, -0.25) is 5.10 Å². The number of rotatable bonds is 1. The van der Waals surface area contributed by atoms with Gasteiger partial charge in [-0.05, 0) is 25.1 Å².